The summed E-state index contributed by atoms with van der Waals surface area (Å²) >= 11 is 0. The maximum atomic E-state index is 11.7. The van der Waals surface area contributed by atoms with Gasteiger partial charge in [0.2, 0.25) is 5.88 Å². The van der Waals surface area contributed by atoms with Gasteiger partial charge in [0.15, 0.2) is 0 Å². The van der Waals surface area contributed by atoms with Crippen LogP contribution in [0.15, 0.2) is 46.8 Å². The number of allylic oxidation sites excluding steroid dienone is 3. The van der Waals surface area contributed by atoms with Crippen LogP contribution < -0.4 is 10.1 Å². The molecule has 2 aliphatic heterocycles. The number of nitrogens with one attached hydrogen (secondary N) is 1. The minimum absolute atomic E-state index is 0.0441. The van der Waals surface area contributed by atoms with Crippen molar-refractivity contribution in [1.29, 1.82) is 5.26 Å². The third-order valence-electron chi connectivity index (χ3n) is 3.31. The van der Waals surface area contributed by atoms with Gasteiger partial charge in [0.05, 0.1) is 5.57 Å². The number of hydrogen-bond donors (Lipinski definition) is 1. The summed E-state index contributed by atoms with van der Waals surface area (Å²) in [5.74, 6) is 1.06. The Morgan fingerprint density at radius 3 is 3.10 bits per heavy atom. The van der Waals surface area contributed by atoms with Crippen LogP contribution in [0.5, 0.6) is 5.75 Å². The fourth-order valence-corrected chi connectivity index (χ4v) is 2.26. The molecule has 5 nitrogen and oxygen atoms in total. The van der Waals surface area contributed by atoms with Gasteiger partial charge in [-0.05, 0) is 42.7 Å². The Hall–Kier alpha value is -2.87. The zero-order chi connectivity index (χ0) is 14.7. The van der Waals surface area contributed by atoms with E-state index in [9.17, 15) is 4.79 Å². The first kappa shape index (κ1) is 13.1. The summed E-state index contributed by atoms with van der Waals surface area (Å²) in [6.45, 7) is 0.644. The van der Waals surface area contributed by atoms with Crippen LogP contribution in [0.25, 0.3) is 0 Å². The minimum atomic E-state index is -0.0441. The van der Waals surface area contributed by atoms with Gasteiger partial charge in [0.25, 0.3) is 5.91 Å². The Morgan fingerprint density at radius 1 is 1.33 bits per heavy atom. The molecule has 3 rings (SSSR count). The first-order chi connectivity index (χ1) is 10.3. The van der Waals surface area contributed by atoms with Gasteiger partial charge in [-0.25, -0.2) is 4.99 Å². The lowest BCUT2D eigenvalue weighted by molar-refractivity contribution is 0.0946. The molecule has 0 saturated carbocycles. The summed E-state index contributed by atoms with van der Waals surface area (Å²) in [6, 6.07) is 7.44. The van der Waals surface area contributed by atoms with E-state index >= 15 is 0 Å². The summed E-state index contributed by atoms with van der Waals surface area (Å²) in [6.07, 6.45) is 6.49. The quantitative estimate of drug-likeness (QED) is 0.901. The van der Waals surface area contributed by atoms with Crippen molar-refractivity contribution in [3.8, 4) is 11.8 Å². The fraction of sp³-hybridized carbons (Fsp3) is 0.188. The Kier molecular flexibility index (Phi) is 3.52. The highest BCUT2D eigenvalue weighted by Crippen LogP contribution is 2.23. The zero-order valence-corrected chi connectivity index (χ0v) is 11.3. The lowest BCUT2D eigenvalue weighted by Gasteiger charge is -2.17. The average Bonchev–Trinajstić information content (AvgIpc) is 2.72. The van der Waals surface area contributed by atoms with Crippen LogP contribution in [0.4, 0.5) is 0 Å². The van der Waals surface area contributed by atoms with Crippen LogP contribution in [0.3, 0.4) is 0 Å². The SMILES string of the molecule is N#CC1=CCC=C(Oc2ccc3c(c2)CCNC3=O)N=C1. The molecule has 1 amide bonds. The van der Waals surface area contributed by atoms with Crippen molar-refractivity contribution in [3.05, 3.63) is 52.9 Å². The number of carbonyl (C=O) groups excluding carboxylic acids is 1. The Morgan fingerprint density at radius 2 is 2.24 bits per heavy atom. The topological polar surface area (TPSA) is 74.5 Å². The van der Waals surface area contributed by atoms with E-state index in [0.717, 1.165) is 12.0 Å². The fourth-order valence-electron chi connectivity index (χ4n) is 2.26. The number of ether oxygens (including phenoxy) is 1. The molecule has 5 heteroatoms. The van der Waals surface area contributed by atoms with Gasteiger partial charge in [-0.2, -0.15) is 5.26 Å². The van der Waals surface area contributed by atoms with Crippen molar-refractivity contribution >= 4 is 12.1 Å². The standard InChI is InChI=1S/C16H13N3O2/c17-9-11-2-1-3-15(19-10-11)21-13-4-5-14-12(8-13)6-7-18-16(14)20/h2-5,8,10H,1,6-7H2,(H,18,20). The van der Waals surface area contributed by atoms with Crippen molar-refractivity contribution in [1.82, 2.24) is 5.32 Å². The maximum Gasteiger partial charge on any atom is 0.251 e. The molecule has 0 bridgehead atoms. The largest absolute Gasteiger partial charge is 0.439 e. The predicted molar refractivity (Wildman–Crippen MR) is 78.0 cm³/mol. The lowest BCUT2D eigenvalue weighted by atomic mass is 10.0. The van der Waals surface area contributed by atoms with Gasteiger partial charge >= 0.3 is 0 Å². The number of aliphatic imine (C=N–C) groups is 1. The first-order valence-electron chi connectivity index (χ1n) is 6.70. The average molecular weight is 279 g/mol. The van der Waals surface area contributed by atoms with Crippen molar-refractivity contribution in [2.75, 3.05) is 6.54 Å². The molecule has 0 atom stereocenters. The molecule has 1 N–H and O–H groups in total. The van der Waals surface area contributed by atoms with Crippen molar-refractivity contribution < 1.29 is 9.53 Å². The molecule has 0 unspecified atom stereocenters. The predicted octanol–water partition coefficient (Wildman–Crippen LogP) is 2.12. The zero-order valence-electron chi connectivity index (χ0n) is 11.3. The molecule has 0 saturated heterocycles. The number of carbonyl (C=O) groups is 1. The number of amides is 1. The molecule has 0 fully saturated rings. The molecule has 0 aromatic heterocycles. The number of benzene rings is 1. The van der Waals surface area contributed by atoms with Crippen LogP contribution in [0.2, 0.25) is 0 Å². The molecule has 1 aromatic carbocycles. The van der Waals surface area contributed by atoms with E-state index in [2.05, 4.69) is 16.4 Å². The number of fused-ring (bicyclic) bond motifs is 1. The molecule has 104 valence electrons. The number of hydrogen-bond acceptors (Lipinski definition) is 4. The number of nitriles is 1. The van der Waals surface area contributed by atoms with Crippen LogP contribution >= 0.6 is 0 Å². The van der Waals surface area contributed by atoms with Gasteiger partial charge in [0.1, 0.15) is 11.8 Å². The molecule has 0 radical (unpaired) electrons. The van der Waals surface area contributed by atoms with Gasteiger partial charge in [-0.15, -0.1) is 0 Å². The van der Waals surface area contributed by atoms with E-state index in [1.807, 2.05) is 12.1 Å². The second kappa shape index (κ2) is 5.63. The molecular weight excluding hydrogens is 266 g/mol. The van der Waals surface area contributed by atoms with Crippen LogP contribution in [0, 0.1) is 11.3 Å². The summed E-state index contributed by atoms with van der Waals surface area (Å²) in [4.78, 5) is 15.8. The van der Waals surface area contributed by atoms with Crippen LogP contribution in [-0.4, -0.2) is 18.7 Å². The van der Waals surface area contributed by atoms with Gasteiger partial charge in [-0.3, -0.25) is 4.79 Å². The third kappa shape index (κ3) is 2.84. The minimum Gasteiger partial charge on any atom is -0.439 e. The Balaban J connectivity index is 1.79. The van der Waals surface area contributed by atoms with Crippen molar-refractivity contribution in [3.63, 3.8) is 0 Å². The normalized spacial score (nSPS) is 16.8. The first-order valence-corrected chi connectivity index (χ1v) is 6.70. The maximum absolute atomic E-state index is 11.7. The molecule has 0 spiro atoms. The van der Waals surface area contributed by atoms with E-state index < -0.39 is 0 Å². The summed E-state index contributed by atoms with van der Waals surface area (Å²) in [7, 11) is 0. The second-order valence-corrected chi connectivity index (χ2v) is 4.73. The van der Waals surface area contributed by atoms with E-state index in [1.165, 1.54) is 6.21 Å². The lowest BCUT2D eigenvalue weighted by Crippen LogP contribution is -2.31. The third-order valence-corrected chi connectivity index (χ3v) is 3.31. The molecule has 1 aromatic rings. The van der Waals surface area contributed by atoms with Gasteiger partial charge in [0, 0.05) is 18.3 Å². The van der Waals surface area contributed by atoms with Crippen molar-refractivity contribution in [2.24, 2.45) is 4.99 Å². The molecular formula is C16H13N3O2. The summed E-state index contributed by atoms with van der Waals surface area (Å²) in [5.41, 5.74) is 2.19. The highest BCUT2D eigenvalue weighted by Gasteiger charge is 2.17. The molecule has 2 heterocycles. The van der Waals surface area contributed by atoms with E-state index in [4.69, 9.17) is 10.00 Å². The Labute approximate surface area is 122 Å². The van der Waals surface area contributed by atoms with Crippen LogP contribution in [-0.2, 0) is 6.42 Å². The van der Waals surface area contributed by atoms with Gasteiger partial charge < -0.3 is 10.1 Å². The highest BCUT2D eigenvalue weighted by atomic mass is 16.5. The molecule has 2 aliphatic rings. The highest BCUT2D eigenvalue weighted by molar-refractivity contribution is 5.96. The smallest absolute Gasteiger partial charge is 0.251 e. The summed E-state index contributed by atoms with van der Waals surface area (Å²) in [5, 5.41) is 11.6. The molecule has 21 heavy (non-hydrogen) atoms. The number of nitrogens with zero attached hydrogens (tertiary/aromatic N) is 2. The molecule has 0 aliphatic carbocycles. The Bertz CT molecular complexity index is 724. The second-order valence-electron chi connectivity index (χ2n) is 4.73. The van der Waals surface area contributed by atoms with E-state index in [1.54, 1.807) is 18.2 Å². The van der Waals surface area contributed by atoms with E-state index in [0.29, 0.717) is 35.7 Å². The van der Waals surface area contributed by atoms with Crippen molar-refractivity contribution in [2.45, 2.75) is 12.8 Å². The van der Waals surface area contributed by atoms with E-state index in [-0.39, 0.29) is 5.91 Å². The monoisotopic (exact) mass is 279 g/mol. The summed E-state index contributed by atoms with van der Waals surface area (Å²) < 4.78 is 5.72. The van der Waals surface area contributed by atoms with Gasteiger partial charge in [-0.1, -0.05) is 6.08 Å². The van der Waals surface area contributed by atoms with Crippen LogP contribution in [0.1, 0.15) is 22.3 Å². The number of rotatable bonds is 2.